The van der Waals surface area contributed by atoms with Crippen LogP contribution in [-0.2, 0) is 76.8 Å². The number of ether oxygens (including phenoxy) is 2. The molecule has 1 fully saturated rings. The molecule has 0 bridgehead atoms. The van der Waals surface area contributed by atoms with E-state index in [-0.39, 0.29) is 89.0 Å². The van der Waals surface area contributed by atoms with Crippen molar-refractivity contribution in [3.8, 4) is 0 Å². The molecular weight excluding hydrogens is 1150 g/mol. The molecule has 1 saturated heterocycles. The number of benzene rings is 2. The first-order valence-corrected chi connectivity index (χ1v) is 28.0. The molecule has 2 aromatic carbocycles. The smallest absolute Gasteiger partial charge is 0.409 e. The van der Waals surface area contributed by atoms with E-state index in [4.69, 9.17) is 43.2 Å². The first-order valence-electron chi connectivity index (χ1n) is 28.0. The van der Waals surface area contributed by atoms with E-state index in [0.717, 1.165) is 5.56 Å². The fourth-order valence-corrected chi connectivity index (χ4v) is 7.88. The Balaban J connectivity index is 0.000000657. The summed E-state index contributed by atoms with van der Waals surface area (Å²) in [6, 6.07) is 7.85. The van der Waals surface area contributed by atoms with Gasteiger partial charge in [-0.15, -0.1) is 0 Å². The van der Waals surface area contributed by atoms with Gasteiger partial charge in [-0.2, -0.15) is 0 Å². The first-order chi connectivity index (χ1) is 41.4. The third-order valence-corrected chi connectivity index (χ3v) is 12.4. The Morgan fingerprint density at radius 3 is 1.72 bits per heavy atom. The van der Waals surface area contributed by atoms with Crippen LogP contribution in [0.3, 0.4) is 0 Å². The van der Waals surface area contributed by atoms with Crippen LogP contribution in [0.25, 0.3) is 0 Å². The Hall–Kier alpha value is -9.82. The van der Waals surface area contributed by atoms with Crippen LogP contribution >= 0.6 is 0 Å². The van der Waals surface area contributed by atoms with Gasteiger partial charge in [0, 0.05) is 59.7 Å². The van der Waals surface area contributed by atoms with Crippen molar-refractivity contribution < 1.29 is 77.2 Å². The summed E-state index contributed by atoms with van der Waals surface area (Å²) < 4.78 is 10.2. The number of aliphatic imine (C=N–C) groups is 2. The molecule has 0 aromatic heterocycles. The number of nitrogens with one attached hydrogen (secondary N) is 8. The van der Waals surface area contributed by atoms with Gasteiger partial charge in [0.1, 0.15) is 30.2 Å². The number of carboxylic acids is 2. The van der Waals surface area contributed by atoms with Crippen molar-refractivity contribution in [3.05, 3.63) is 71.3 Å². The number of rotatable bonds is 28. The number of aliphatic carboxylic acids is 2. The summed E-state index contributed by atoms with van der Waals surface area (Å²) in [4.78, 5) is 161. The SMILES string of the molecule is CC(C)OC(=O)N(C)CCN(C)C(=O)[C@H](CCCN=C(N)N)NC(=O)CNC(=O)[C@@H](N)CC(=O)O.CC(C)OC(=O)NCc1ccc(C[C@@H]2NC(=O)[C@@H](Cc3ccccc3)NC(=O)[C@H](CC(=O)O)NC(=O)CNC(=O)[C@H](CCCN=C(N)N)NC2=O)cc1. The second-order valence-electron chi connectivity index (χ2n) is 20.7. The van der Waals surface area contributed by atoms with Crippen LogP contribution in [0.1, 0.15) is 82.9 Å². The van der Waals surface area contributed by atoms with E-state index in [9.17, 15) is 62.6 Å². The minimum Gasteiger partial charge on any atom is -0.481 e. The van der Waals surface area contributed by atoms with Crippen molar-refractivity contribution in [3.63, 3.8) is 0 Å². The van der Waals surface area contributed by atoms with Gasteiger partial charge in [-0.05, 0) is 70.1 Å². The van der Waals surface area contributed by atoms with Crippen LogP contribution < -0.4 is 71.2 Å². The highest BCUT2D eigenvalue weighted by Gasteiger charge is 2.34. The molecule has 20 N–H and O–H groups in total. The Bertz CT molecular complexity index is 2740. The van der Waals surface area contributed by atoms with Crippen molar-refractivity contribution in [2.24, 2.45) is 38.7 Å². The normalized spacial score (nSPS) is 16.9. The van der Waals surface area contributed by atoms with Gasteiger partial charge in [-0.1, -0.05) is 54.6 Å². The molecule has 0 aliphatic carbocycles. The Morgan fingerprint density at radius 1 is 0.648 bits per heavy atom. The van der Waals surface area contributed by atoms with Crippen LogP contribution in [0.5, 0.6) is 0 Å². The molecule has 0 spiro atoms. The number of carboxylic acid groups (broad SMARTS) is 2. The summed E-state index contributed by atoms with van der Waals surface area (Å²) in [6.45, 7) is 6.64. The third-order valence-electron chi connectivity index (χ3n) is 12.4. The maximum atomic E-state index is 14.0. The number of nitrogens with two attached hydrogens (primary N) is 5. The second-order valence-corrected chi connectivity index (χ2v) is 20.7. The van der Waals surface area contributed by atoms with Crippen LogP contribution in [0, 0.1) is 0 Å². The Labute approximate surface area is 508 Å². The van der Waals surface area contributed by atoms with E-state index in [0.29, 0.717) is 17.5 Å². The minimum atomic E-state index is -1.60. The molecule has 88 heavy (non-hydrogen) atoms. The van der Waals surface area contributed by atoms with Crippen LogP contribution in [-0.4, -0.2) is 205 Å². The number of nitrogens with zero attached hydrogens (tertiary/aromatic N) is 4. The molecule has 486 valence electrons. The van der Waals surface area contributed by atoms with Gasteiger partial charge in [-0.3, -0.25) is 57.9 Å². The molecule has 0 radical (unpaired) electrons. The maximum Gasteiger partial charge on any atom is 0.409 e. The molecule has 3 rings (SSSR count). The zero-order chi connectivity index (χ0) is 66.0. The van der Waals surface area contributed by atoms with E-state index >= 15 is 0 Å². The lowest BCUT2D eigenvalue weighted by Gasteiger charge is -2.27. The molecule has 33 heteroatoms. The van der Waals surface area contributed by atoms with Gasteiger partial charge in [0.2, 0.25) is 47.3 Å². The van der Waals surface area contributed by atoms with Gasteiger partial charge in [0.25, 0.3) is 0 Å². The molecule has 2 aromatic rings. The fraction of sp³-hybridized carbons (Fsp3) is 0.527. The zero-order valence-electron chi connectivity index (χ0n) is 50.2. The third kappa shape index (κ3) is 30.8. The number of likely N-dealkylation sites (N-methyl/N-ethyl adjacent to an activating group) is 2. The van der Waals surface area contributed by atoms with E-state index in [1.54, 1.807) is 82.3 Å². The predicted octanol–water partition coefficient (Wildman–Crippen LogP) is -3.92. The lowest BCUT2D eigenvalue weighted by Crippen LogP contribution is -2.58. The number of carbonyl (C=O) groups is 12. The van der Waals surface area contributed by atoms with E-state index in [1.807, 2.05) is 0 Å². The predicted molar refractivity (Wildman–Crippen MR) is 319 cm³/mol. The average Bonchev–Trinajstić information content (AvgIpc) is 3.13. The summed E-state index contributed by atoms with van der Waals surface area (Å²) in [6.07, 6.45) is -2.34. The summed E-state index contributed by atoms with van der Waals surface area (Å²) in [5, 5.41) is 38.2. The number of amides is 10. The number of guanidine groups is 2. The molecule has 0 saturated carbocycles. The molecule has 10 amide bonds. The van der Waals surface area contributed by atoms with Gasteiger partial charge >= 0.3 is 24.1 Å². The highest BCUT2D eigenvalue weighted by molar-refractivity contribution is 5.98. The molecule has 1 aliphatic heterocycles. The topological polar surface area (TPSA) is 521 Å². The van der Waals surface area contributed by atoms with Gasteiger partial charge < -0.3 is 101 Å². The summed E-state index contributed by atoms with van der Waals surface area (Å²) in [7, 11) is 3.06. The Morgan fingerprint density at radius 2 is 1.17 bits per heavy atom. The average molecular weight is 1240 g/mol. The first kappa shape index (κ1) is 74.3. The Kier molecular flexibility index (Phi) is 32.9. The van der Waals surface area contributed by atoms with Crippen molar-refractivity contribution in [1.82, 2.24) is 52.3 Å². The zero-order valence-corrected chi connectivity index (χ0v) is 50.2. The molecule has 33 nitrogen and oxygen atoms in total. The standard InChI is InChI=1S/C35H47N9O9.C20H38N8O7/c1-20(2)53-35(52)40-18-23-12-10-22(11-13-23)16-26-31(49)42-24(9-6-14-38-34(36)37)30(48)39-19-28(45)41-27(17-29(46)47)33(51)44-25(32(50)43-26)15-21-7-4-3-5-8-21;1-12(2)35-20(34)28(4)9-8-27(3)18(33)14(6-5-7-24-19(22)23)26-15(29)11-25-17(32)13(21)10-16(30)31/h3-5,7-8,10-13,20,24-27H,6,9,14-19H2,1-2H3,(H,39,48)(H,40,52)(H,41,45)(H,42,49)(H,43,50)(H,44,51)(H,46,47)(H4,36,37,38);12-14H,5-11,21H2,1-4H3,(H,25,32)(H,26,29)(H,30,31)(H4,22,23,24)/t24-,25+,26-,27-;13-,14-/m00/s1. The second kappa shape index (κ2) is 39.0. The van der Waals surface area contributed by atoms with Crippen LogP contribution in [0.4, 0.5) is 9.59 Å². The molecule has 1 heterocycles. The van der Waals surface area contributed by atoms with Gasteiger partial charge in [0.05, 0.1) is 44.2 Å². The van der Waals surface area contributed by atoms with Crippen molar-refractivity contribution in [2.45, 2.75) is 134 Å². The van der Waals surface area contributed by atoms with Gasteiger partial charge in [-0.25, -0.2) is 9.59 Å². The highest BCUT2D eigenvalue weighted by atomic mass is 16.6. The number of carbonyl (C=O) groups excluding carboxylic acids is 10. The quantitative estimate of drug-likeness (QED) is 0.0220. The van der Waals surface area contributed by atoms with Crippen LogP contribution in [0.2, 0.25) is 0 Å². The summed E-state index contributed by atoms with van der Waals surface area (Å²) in [5.41, 5.74) is 28.8. The molecular formula is C55H85N17O16. The summed E-state index contributed by atoms with van der Waals surface area (Å²) >= 11 is 0. The largest absolute Gasteiger partial charge is 0.481 e. The number of hydrogen-bond acceptors (Lipinski definition) is 17. The van der Waals surface area contributed by atoms with Crippen molar-refractivity contribution in [2.75, 3.05) is 53.4 Å². The lowest BCUT2D eigenvalue weighted by atomic mass is 10.0. The molecule has 1 aliphatic rings. The van der Waals surface area contributed by atoms with Crippen LogP contribution in [0.15, 0.2) is 64.6 Å². The van der Waals surface area contributed by atoms with E-state index < -0.39 is 134 Å². The lowest BCUT2D eigenvalue weighted by molar-refractivity contribution is -0.141. The number of alkyl carbamates (subject to hydrolysis) is 1. The monoisotopic (exact) mass is 1240 g/mol. The van der Waals surface area contributed by atoms with Crippen molar-refractivity contribution >= 4 is 83.3 Å². The fourth-order valence-electron chi connectivity index (χ4n) is 7.88. The van der Waals surface area contributed by atoms with Crippen molar-refractivity contribution in [1.29, 1.82) is 0 Å². The van der Waals surface area contributed by atoms with E-state index in [2.05, 4.69) is 52.5 Å². The van der Waals surface area contributed by atoms with Gasteiger partial charge in [0.15, 0.2) is 11.9 Å². The molecule has 6 atom stereocenters. The number of hydrogen-bond donors (Lipinski definition) is 15. The highest BCUT2D eigenvalue weighted by Crippen LogP contribution is 2.12. The van der Waals surface area contributed by atoms with E-state index in [1.165, 1.54) is 23.9 Å². The maximum absolute atomic E-state index is 14.0. The minimum absolute atomic E-state index is 0.0376. The summed E-state index contributed by atoms with van der Waals surface area (Å²) in [5.74, 6) is -8.96. The molecule has 0 unspecified atom stereocenters.